The molecule has 2 aromatic carbocycles. The monoisotopic (exact) mass is 383 g/mol. The van der Waals surface area contributed by atoms with E-state index in [9.17, 15) is 9.59 Å². The van der Waals surface area contributed by atoms with Crippen molar-refractivity contribution in [2.45, 2.75) is 20.0 Å². The van der Waals surface area contributed by atoms with Gasteiger partial charge in [0.2, 0.25) is 5.91 Å². The highest BCUT2D eigenvalue weighted by Gasteiger charge is 2.10. The van der Waals surface area contributed by atoms with Gasteiger partial charge in [0, 0.05) is 22.2 Å². The van der Waals surface area contributed by atoms with E-state index in [0.29, 0.717) is 27.6 Å². The maximum absolute atomic E-state index is 12.1. The van der Waals surface area contributed by atoms with Gasteiger partial charge in [0.1, 0.15) is 11.3 Å². The van der Waals surface area contributed by atoms with Crippen molar-refractivity contribution in [3.63, 3.8) is 0 Å². The van der Waals surface area contributed by atoms with E-state index >= 15 is 0 Å². The van der Waals surface area contributed by atoms with Gasteiger partial charge in [-0.1, -0.05) is 17.7 Å². The second kappa shape index (κ2) is 8.10. The van der Waals surface area contributed by atoms with Gasteiger partial charge in [-0.05, 0) is 62.4 Å². The molecule has 3 rings (SSSR count). The number of furan rings is 1. The van der Waals surface area contributed by atoms with Crippen LogP contribution in [0.2, 0.25) is 5.02 Å². The number of ether oxygens (including phenoxy) is 1. The summed E-state index contributed by atoms with van der Waals surface area (Å²) >= 11 is 5.95. The van der Waals surface area contributed by atoms with E-state index in [4.69, 9.17) is 20.8 Å². The summed E-state index contributed by atoms with van der Waals surface area (Å²) in [6, 6.07) is 13.7. The second-order valence-corrected chi connectivity index (χ2v) is 6.62. The Labute approximate surface area is 161 Å². The van der Waals surface area contributed by atoms with Crippen molar-refractivity contribution in [3.8, 4) is 0 Å². The van der Waals surface area contributed by atoms with Crippen molar-refractivity contribution in [1.82, 2.24) is 0 Å². The predicted molar refractivity (Wildman–Crippen MR) is 106 cm³/mol. The first kappa shape index (κ1) is 18.7. The summed E-state index contributed by atoms with van der Waals surface area (Å²) in [6.45, 7) is 3.56. The third-order valence-corrected chi connectivity index (χ3v) is 3.84. The number of benzene rings is 2. The molecule has 0 spiro atoms. The third kappa shape index (κ3) is 4.99. The van der Waals surface area contributed by atoms with Crippen molar-refractivity contribution in [1.29, 1.82) is 0 Å². The smallest absolute Gasteiger partial charge is 0.338 e. The molecule has 0 aliphatic carbocycles. The maximum atomic E-state index is 12.1. The highest BCUT2D eigenvalue weighted by atomic mass is 35.5. The van der Waals surface area contributed by atoms with E-state index in [1.54, 1.807) is 68.5 Å². The van der Waals surface area contributed by atoms with Gasteiger partial charge in [0.05, 0.1) is 11.7 Å². The standard InChI is InChI=1S/C21H18ClNO4/c1-13(2)26-21(25)14-4-3-5-17(11-14)23-20(24)9-7-18-12-15-10-16(22)6-8-19(15)27-18/h3-13H,1-2H3,(H,23,24)/b9-7+. The van der Waals surface area contributed by atoms with Crippen LogP contribution in [0.25, 0.3) is 17.0 Å². The molecule has 5 nitrogen and oxygen atoms in total. The van der Waals surface area contributed by atoms with Gasteiger partial charge in [-0.2, -0.15) is 0 Å². The largest absolute Gasteiger partial charge is 0.459 e. The van der Waals surface area contributed by atoms with Crippen LogP contribution >= 0.6 is 11.6 Å². The van der Waals surface area contributed by atoms with Crippen LogP contribution in [0.5, 0.6) is 0 Å². The lowest BCUT2D eigenvalue weighted by Crippen LogP contribution is -2.13. The molecular formula is C21H18ClNO4. The van der Waals surface area contributed by atoms with E-state index in [1.807, 2.05) is 0 Å². The zero-order valence-electron chi connectivity index (χ0n) is 14.9. The van der Waals surface area contributed by atoms with Gasteiger partial charge in [0.15, 0.2) is 0 Å². The molecular weight excluding hydrogens is 366 g/mol. The minimum Gasteiger partial charge on any atom is -0.459 e. The van der Waals surface area contributed by atoms with E-state index < -0.39 is 5.97 Å². The highest BCUT2D eigenvalue weighted by molar-refractivity contribution is 6.31. The van der Waals surface area contributed by atoms with Crippen LogP contribution in [0, 0.1) is 0 Å². The minimum atomic E-state index is -0.433. The molecule has 0 aliphatic rings. The van der Waals surface area contributed by atoms with Gasteiger partial charge >= 0.3 is 5.97 Å². The number of fused-ring (bicyclic) bond motifs is 1. The zero-order chi connectivity index (χ0) is 19.4. The van der Waals surface area contributed by atoms with Crippen molar-refractivity contribution >= 4 is 46.2 Å². The molecule has 0 aliphatic heterocycles. The van der Waals surface area contributed by atoms with Crippen LogP contribution in [0.15, 0.2) is 59.0 Å². The van der Waals surface area contributed by atoms with E-state index in [-0.39, 0.29) is 12.0 Å². The number of hydrogen-bond acceptors (Lipinski definition) is 4. The number of amides is 1. The maximum Gasteiger partial charge on any atom is 0.338 e. The topological polar surface area (TPSA) is 68.5 Å². The molecule has 0 saturated heterocycles. The number of halogens is 1. The van der Waals surface area contributed by atoms with Gasteiger partial charge < -0.3 is 14.5 Å². The number of rotatable bonds is 5. The Hall–Kier alpha value is -3.05. The van der Waals surface area contributed by atoms with Crippen LogP contribution in [0.1, 0.15) is 30.0 Å². The summed E-state index contributed by atoms with van der Waals surface area (Å²) in [5.74, 6) is -0.239. The first-order valence-corrected chi connectivity index (χ1v) is 8.78. The summed E-state index contributed by atoms with van der Waals surface area (Å²) in [5.41, 5.74) is 1.56. The Balaban J connectivity index is 1.67. The fourth-order valence-electron chi connectivity index (χ4n) is 2.46. The lowest BCUT2D eigenvalue weighted by atomic mass is 10.2. The normalized spacial score (nSPS) is 11.3. The number of nitrogens with one attached hydrogen (secondary N) is 1. The lowest BCUT2D eigenvalue weighted by Gasteiger charge is -2.09. The molecule has 0 radical (unpaired) electrons. The van der Waals surface area contributed by atoms with E-state index in [0.717, 1.165) is 5.39 Å². The van der Waals surface area contributed by atoms with Crippen molar-refractivity contribution < 1.29 is 18.7 Å². The van der Waals surface area contributed by atoms with Gasteiger partial charge in [-0.25, -0.2) is 4.79 Å². The minimum absolute atomic E-state index is 0.211. The molecule has 138 valence electrons. The summed E-state index contributed by atoms with van der Waals surface area (Å²) in [5, 5.41) is 4.19. The van der Waals surface area contributed by atoms with Crippen LogP contribution < -0.4 is 5.32 Å². The van der Waals surface area contributed by atoms with Crippen LogP contribution in [-0.4, -0.2) is 18.0 Å². The number of hydrogen-bond donors (Lipinski definition) is 1. The molecule has 27 heavy (non-hydrogen) atoms. The fraction of sp³-hybridized carbons (Fsp3) is 0.143. The molecule has 0 fully saturated rings. The Morgan fingerprint density at radius 3 is 2.74 bits per heavy atom. The Kier molecular flexibility index (Phi) is 5.62. The van der Waals surface area contributed by atoms with Crippen LogP contribution in [-0.2, 0) is 9.53 Å². The quantitative estimate of drug-likeness (QED) is 0.479. The van der Waals surface area contributed by atoms with Gasteiger partial charge in [0.25, 0.3) is 0 Å². The molecule has 6 heteroatoms. The summed E-state index contributed by atoms with van der Waals surface area (Å²) in [4.78, 5) is 24.1. The van der Waals surface area contributed by atoms with Crippen LogP contribution in [0.4, 0.5) is 5.69 Å². The summed E-state index contributed by atoms with van der Waals surface area (Å²) in [7, 11) is 0. The molecule has 0 atom stereocenters. The number of carbonyl (C=O) groups excluding carboxylic acids is 2. The van der Waals surface area contributed by atoms with Gasteiger partial charge in [-0.3, -0.25) is 4.79 Å². The summed E-state index contributed by atoms with van der Waals surface area (Å²) < 4.78 is 10.8. The molecule has 1 amide bonds. The molecule has 3 aromatic rings. The lowest BCUT2D eigenvalue weighted by molar-refractivity contribution is -0.111. The first-order valence-electron chi connectivity index (χ1n) is 8.40. The number of esters is 1. The first-order chi connectivity index (χ1) is 12.9. The predicted octanol–water partition coefficient (Wildman–Crippen LogP) is 5.30. The van der Waals surface area contributed by atoms with Crippen molar-refractivity contribution in [2.24, 2.45) is 0 Å². The fourth-order valence-corrected chi connectivity index (χ4v) is 2.65. The molecule has 1 heterocycles. The average molecular weight is 384 g/mol. The number of carbonyl (C=O) groups is 2. The van der Waals surface area contributed by atoms with E-state index in [2.05, 4.69) is 5.32 Å². The SMILES string of the molecule is CC(C)OC(=O)c1cccc(NC(=O)/C=C/c2cc3cc(Cl)ccc3o2)c1. The Morgan fingerprint density at radius 2 is 1.96 bits per heavy atom. The van der Waals surface area contributed by atoms with Crippen molar-refractivity contribution in [2.75, 3.05) is 5.32 Å². The molecule has 0 saturated carbocycles. The molecule has 0 bridgehead atoms. The molecule has 1 aromatic heterocycles. The third-order valence-electron chi connectivity index (χ3n) is 3.60. The van der Waals surface area contributed by atoms with Gasteiger partial charge in [-0.15, -0.1) is 0 Å². The molecule has 1 N–H and O–H groups in total. The van der Waals surface area contributed by atoms with E-state index in [1.165, 1.54) is 6.08 Å². The second-order valence-electron chi connectivity index (χ2n) is 6.19. The number of anilines is 1. The average Bonchev–Trinajstić information content (AvgIpc) is 3.01. The summed E-state index contributed by atoms with van der Waals surface area (Å²) in [6.07, 6.45) is 2.72. The van der Waals surface area contributed by atoms with Crippen molar-refractivity contribution in [3.05, 3.63) is 71.0 Å². The highest BCUT2D eigenvalue weighted by Crippen LogP contribution is 2.23. The zero-order valence-corrected chi connectivity index (χ0v) is 15.6. The Bertz CT molecular complexity index is 1020. The molecule has 0 unspecified atom stereocenters. The Morgan fingerprint density at radius 1 is 1.15 bits per heavy atom. The van der Waals surface area contributed by atoms with Crippen LogP contribution in [0.3, 0.4) is 0 Å².